The molecule has 0 spiro atoms. The molecule has 0 saturated carbocycles. The lowest BCUT2D eigenvalue weighted by molar-refractivity contribution is 0.713. The van der Waals surface area contributed by atoms with Crippen molar-refractivity contribution in [2.75, 3.05) is 0 Å². The molecule has 4 rings (SSSR count). The Bertz CT molecular complexity index is 774. The summed E-state index contributed by atoms with van der Waals surface area (Å²) in [5, 5.41) is 4.49. The molecule has 104 valence electrons. The lowest BCUT2D eigenvalue weighted by Crippen LogP contribution is -2.05. The Morgan fingerprint density at radius 3 is 2.71 bits per heavy atom. The molecule has 3 heteroatoms. The van der Waals surface area contributed by atoms with Crippen molar-refractivity contribution in [2.45, 2.75) is 18.9 Å². The Morgan fingerprint density at radius 1 is 1.00 bits per heavy atom. The van der Waals surface area contributed by atoms with Gasteiger partial charge >= 0.3 is 0 Å². The predicted octanol–water partition coefficient (Wildman–Crippen LogP) is 3.49. The minimum Gasteiger partial charge on any atom is -0.324 e. The van der Waals surface area contributed by atoms with Crippen LogP contribution >= 0.6 is 0 Å². The molecule has 1 heterocycles. The molecule has 1 unspecified atom stereocenters. The molecule has 0 amide bonds. The third kappa shape index (κ3) is 1.98. The van der Waals surface area contributed by atoms with Gasteiger partial charge in [-0.2, -0.15) is 5.10 Å². The number of rotatable bonds is 2. The monoisotopic (exact) mass is 275 g/mol. The molecule has 0 saturated heterocycles. The van der Waals surface area contributed by atoms with Crippen molar-refractivity contribution >= 4 is 0 Å². The van der Waals surface area contributed by atoms with Crippen LogP contribution in [0.1, 0.15) is 23.6 Å². The van der Waals surface area contributed by atoms with Crippen LogP contribution in [0.2, 0.25) is 0 Å². The van der Waals surface area contributed by atoms with E-state index in [1.54, 1.807) is 0 Å². The van der Waals surface area contributed by atoms with Crippen molar-refractivity contribution in [1.29, 1.82) is 0 Å². The molecule has 2 aromatic carbocycles. The van der Waals surface area contributed by atoms with Crippen LogP contribution in [0.25, 0.3) is 16.9 Å². The first-order valence-electron chi connectivity index (χ1n) is 7.32. The van der Waals surface area contributed by atoms with Crippen molar-refractivity contribution in [3.63, 3.8) is 0 Å². The topological polar surface area (TPSA) is 43.8 Å². The molecule has 2 N–H and O–H groups in total. The maximum Gasteiger partial charge on any atom is 0.0743 e. The number of nitrogens with two attached hydrogens (primary N) is 1. The van der Waals surface area contributed by atoms with Crippen LogP contribution in [0, 0.1) is 0 Å². The molecule has 1 aromatic heterocycles. The maximum atomic E-state index is 6.20. The van der Waals surface area contributed by atoms with Gasteiger partial charge in [0.25, 0.3) is 0 Å². The van der Waals surface area contributed by atoms with E-state index in [9.17, 15) is 0 Å². The first-order valence-corrected chi connectivity index (χ1v) is 7.32. The smallest absolute Gasteiger partial charge is 0.0743 e. The zero-order chi connectivity index (χ0) is 14.2. The van der Waals surface area contributed by atoms with Gasteiger partial charge in [-0.25, -0.2) is 4.68 Å². The van der Waals surface area contributed by atoms with E-state index in [4.69, 9.17) is 5.73 Å². The first-order chi connectivity index (χ1) is 10.3. The van der Waals surface area contributed by atoms with Crippen LogP contribution in [-0.4, -0.2) is 9.78 Å². The van der Waals surface area contributed by atoms with Crippen molar-refractivity contribution in [1.82, 2.24) is 9.78 Å². The molecule has 1 atom stereocenters. The summed E-state index contributed by atoms with van der Waals surface area (Å²) in [7, 11) is 0. The van der Waals surface area contributed by atoms with Crippen LogP contribution in [0.5, 0.6) is 0 Å². The minimum absolute atomic E-state index is 0.174. The van der Waals surface area contributed by atoms with Gasteiger partial charge in [-0.1, -0.05) is 36.4 Å². The number of hydrogen-bond acceptors (Lipinski definition) is 2. The molecule has 0 bridgehead atoms. The molecular formula is C18H17N3. The molecule has 1 aliphatic carbocycles. The normalized spacial score (nSPS) is 16.9. The summed E-state index contributed by atoms with van der Waals surface area (Å²) >= 11 is 0. The number of hydrogen-bond donors (Lipinski definition) is 1. The van der Waals surface area contributed by atoms with Crippen molar-refractivity contribution in [3.8, 4) is 16.9 Å². The number of nitrogens with zero attached hydrogens (tertiary/aromatic N) is 2. The fourth-order valence-electron chi connectivity index (χ4n) is 3.21. The summed E-state index contributed by atoms with van der Waals surface area (Å²) in [5.74, 6) is 0. The van der Waals surface area contributed by atoms with E-state index in [-0.39, 0.29) is 6.04 Å². The quantitative estimate of drug-likeness (QED) is 0.778. The highest BCUT2D eigenvalue weighted by atomic mass is 15.3. The molecule has 3 nitrogen and oxygen atoms in total. The summed E-state index contributed by atoms with van der Waals surface area (Å²) in [5.41, 5.74) is 12.3. The standard InChI is InChI=1S/C18H17N3/c19-17-10-9-14-15(17)7-4-8-16(14)18-11-12-20-21(18)13-5-2-1-3-6-13/h1-8,11-12,17H,9-10,19H2. The van der Waals surface area contributed by atoms with E-state index >= 15 is 0 Å². The van der Waals surface area contributed by atoms with Crippen LogP contribution in [0.4, 0.5) is 0 Å². The summed E-state index contributed by atoms with van der Waals surface area (Å²) in [6.07, 6.45) is 3.94. The molecule has 0 aliphatic heterocycles. The van der Waals surface area contributed by atoms with Gasteiger partial charge in [-0.3, -0.25) is 0 Å². The first kappa shape index (κ1) is 12.4. The zero-order valence-electron chi connectivity index (χ0n) is 11.7. The lowest BCUT2D eigenvalue weighted by atomic mass is 10.00. The van der Waals surface area contributed by atoms with Gasteiger partial charge in [0, 0.05) is 11.6 Å². The molecule has 21 heavy (non-hydrogen) atoms. The van der Waals surface area contributed by atoms with Crippen LogP contribution in [-0.2, 0) is 6.42 Å². The van der Waals surface area contributed by atoms with E-state index in [1.165, 1.54) is 16.7 Å². The Morgan fingerprint density at radius 2 is 1.86 bits per heavy atom. The van der Waals surface area contributed by atoms with Gasteiger partial charge in [0.15, 0.2) is 0 Å². The second-order valence-corrected chi connectivity index (χ2v) is 5.48. The molecule has 3 aromatic rings. The van der Waals surface area contributed by atoms with Crippen molar-refractivity contribution < 1.29 is 0 Å². The molecule has 1 aliphatic rings. The van der Waals surface area contributed by atoms with Gasteiger partial charge < -0.3 is 5.73 Å². The number of para-hydroxylation sites is 1. The van der Waals surface area contributed by atoms with E-state index < -0.39 is 0 Å². The van der Waals surface area contributed by atoms with Crippen LogP contribution in [0.3, 0.4) is 0 Å². The van der Waals surface area contributed by atoms with Crippen LogP contribution < -0.4 is 5.73 Å². The van der Waals surface area contributed by atoms with Gasteiger partial charge in [0.05, 0.1) is 17.6 Å². The minimum atomic E-state index is 0.174. The summed E-state index contributed by atoms with van der Waals surface area (Å²) < 4.78 is 2.00. The summed E-state index contributed by atoms with van der Waals surface area (Å²) in [6.45, 7) is 0. The summed E-state index contributed by atoms with van der Waals surface area (Å²) in [6, 6.07) is 18.9. The largest absolute Gasteiger partial charge is 0.324 e. The number of aromatic nitrogens is 2. The second-order valence-electron chi connectivity index (χ2n) is 5.48. The Hall–Kier alpha value is -2.39. The van der Waals surface area contributed by atoms with Gasteiger partial charge in [0.1, 0.15) is 0 Å². The maximum absolute atomic E-state index is 6.20. The van der Waals surface area contributed by atoms with E-state index in [2.05, 4.69) is 41.5 Å². The Balaban J connectivity index is 1.89. The highest BCUT2D eigenvalue weighted by Gasteiger charge is 2.23. The van der Waals surface area contributed by atoms with Crippen LogP contribution in [0.15, 0.2) is 60.8 Å². The molecule has 0 radical (unpaired) electrons. The third-order valence-electron chi connectivity index (χ3n) is 4.24. The predicted molar refractivity (Wildman–Crippen MR) is 84.2 cm³/mol. The SMILES string of the molecule is NC1CCc2c(-c3ccnn3-c3ccccc3)cccc21. The number of benzene rings is 2. The van der Waals surface area contributed by atoms with Gasteiger partial charge in [-0.05, 0) is 42.2 Å². The fourth-order valence-corrected chi connectivity index (χ4v) is 3.21. The second kappa shape index (κ2) is 4.86. The van der Waals surface area contributed by atoms with Crippen molar-refractivity contribution in [2.24, 2.45) is 5.73 Å². The third-order valence-corrected chi connectivity index (χ3v) is 4.24. The molecule has 0 fully saturated rings. The average molecular weight is 275 g/mol. The fraction of sp³-hybridized carbons (Fsp3) is 0.167. The number of fused-ring (bicyclic) bond motifs is 1. The molecular weight excluding hydrogens is 258 g/mol. The highest BCUT2D eigenvalue weighted by molar-refractivity contribution is 5.68. The Labute approximate surface area is 124 Å². The van der Waals surface area contributed by atoms with E-state index in [1.807, 2.05) is 29.1 Å². The van der Waals surface area contributed by atoms with Gasteiger partial charge in [-0.15, -0.1) is 0 Å². The highest BCUT2D eigenvalue weighted by Crippen LogP contribution is 2.36. The zero-order valence-corrected chi connectivity index (χ0v) is 11.7. The van der Waals surface area contributed by atoms with E-state index in [0.717, 1.165) is 24.2 Å². The van der Waals surface area contributed by atoms with E-state index in [0.29, 0.717) is 0 Å². The summed E-state index contributed by atoms with van der Waals surface area (Å²) in [4.78, 5) is 0. The average Bonchev–Trinajstić information content (AvgIpc) is 3.15. The Kier molecular flexibility index (Phi) is 2.86. The van der Waals surface area contributed by atoms with Gasteiger partial charge in [0.2, 0.25) is 0 Å². The van der Waals surface area contributed by atoms with Crippen molar-refractivity contribution in [3.05, 3.63) is 71.9 Å². The lowest BCUT2D eigenvalue weighted by Gasteiger charge is -2.12.